The first-order chi connectivity index (χ1) is 12.0. The zero-order chi connectivity index (χ0) is 18.2. The summed E-state index contributed by atoms with van der Waals surface area (Å²) in [5.74, 6) is 0.0652. The lowest BCUT2D eigenvalue weighted by molar-refractivity contribution is -0.134. The van der Waals surface area contributed by atoms with E-state index in [0.29, 0.717) is 12.4 Å². The van der Waals surface area contributed by atoms with Crippen LogP contribution in [0.1, 0.15) is 36.5 Å². The molecule has 0 aliphatic heterocycles. The summed E-state index contributed by atoms with van der Waals surface area (Å²) in [4.78, 5) is 11.5. The molecule has 4 nitrogen and oxygen atoms in total. The quantitative estimate of drug-likeness (QED) is 0.418. The average Bonchev–Trinajstić information content (AvgIpc) is 2.55. The molecule has 0 fully saturated rings. The number of benzene rings is 2. The normalized spacial score (nSPS) is 11.2. The molecule has 0 saturated heterocycles. The molecule has 4 heteroatoms. The second-order valence-corrected chi connectivity index (χ2v) is 6.01. The van der Waals surface area contributed by atoms with Crippen LogP contribution in [0.3, 0.4) is 0 Å². The van der Waals surface area contributed by atoms with Gasteiger partial charge in [-0.05, 0) is 67.3 Å². The van der Waals surface area contributed by atoms with Gasteiger partial charge in [0.1, 0.15) is 11.5 Å². The molecule has 0 atom stereocenters. The highest BCUT2D eigenvalue weighted by molar-refractivity contribution is 5.90. The fourth-order valence-electron chi connectivity index (χ4n) is 2.40. The van der Waals surface area contributed by atoms with Crippen molar-refractivity contribution in [3.8, 4) is 11.5 Å². The molecule has 0 amide bonds. The lowest BCUT2D eigenvalue weighted by Crippen LogP contribution is -2.07. The highest BCUT2D eigenvalue weighted by Crippen LogP contribution is 2.21. The maximum atomic E-state index is 11.5. The van der Waals surface area contributed by atoms with Crippen LogP contribution in [0.5, 0.6) is 11.5 Å². The van der Waals surface area contributed by atoms with Crippen molar-refractivity contribution < 1.29 is 19.4 Å². The Bertz CT molecular complexity index is 725. The first-order valence-corrected chi connectivity index (χ1v) is 8.42. The Labute approximate surface area is 148 Å². The van der Waals surface area contributed by atoms with E-state index in [1.54, 1.807) is 0 Å². The minimum Gasteiger partial charge on any atom is -0.494 e. The highest BCUT2D eigenvalue weighted by Gasteiger charge is 2.11. The minimum atomic E-state index is -1.11. The van der Waals surface area contributed by atoms with E-state index in [2.05, 4.69) is 6.92 Å². The summed E-state index contributed by atoms with van der Waals surface area (Å²) in [7, 11) is 0. The predicted octanol–water partition coefficient (Wildman–Crippen LogP) is 4.99. The summed E-state index contributed by atoms with van der Waals surface area (Å²) in [6, 6.07) is 12.9. The number of unbranched alkanes of at least 4 members (excludes halogenated alkanes) is 1. The Morgan fingerprint density at radius 1 is 1.04 bits per heavy atom. The van der Waals surface area contributed by atoms with Gasteiger partial charge in [-0.2, -0.15) is 0 Å². The molecule has 0 aliphatic carbocycles. The number of ether oxygens (including phenoxy) is 2. The van der Waals surface area contributed by atoms with Gasteiger partial charge >= 0.3 is 5.97 Å². The number of carboxylic acid groups (broad SMARTS) is 1. The molecule has 0 spiro atoms. The van der Waals surface area contributed by atoms with Gasteiger partial charge in [-0.25, -0.2) is 4.79 Å². The third kappa shape index (κ3) is 5.99. The second kappa shape index (κ2) is 8.92. The Hall–Kier alpha value is -2.75. The van der Waals surface area contributed by atoms with Crippen LogP contribution >= 0.6 is 0 Å². The zero-order valence-electron chi connectivity index (χ0n) is 14.9. The van der Waals surface area contributed by atoms with Crippen LogP contribution in [0.25, 0.3) is 6.08 Å². The fraction of sp³-hybridized carbons (Fsp3) is 0.286. The van der Waals surface area contributed by atoms with E-state index in [1.165, 1.54) is 6.08 Å². The third-order valence-corrected chi connectivity index (χ3v) is 3.58. The second-order valence-electron chi connectivity index (χ2n) is 6.01. The van der Waals surface area contributed by atoms with Gasteiger partial charge < -0.3 is 14.6 Å². The Kier molecular flexibility index (Phi) is 6.63. The zero-order valence-corrected chi connectivity index (χ0v) is 14.9. The standard InChI is InChI=1S/C21H24O4/c1-4-5-10-24-18-8-6-17(7-9-18)14-20(21(22)23)25-19-12-15(2)11-16(3)13-19/h6-9,11-14H,4-5,10H2,1-3H3,(H,22,23). The lowest BCUT2D eigenvalue weighted by atomic mass is 10.1. The molecule has 132 valence electrons. The van der Waals surface area contributed by atoms with Crippen LogP contribution in [-0.4, -0.2) is 17.7 Å². The van der Waals surface area contributed by atoms with E-state index in [-0.39, 0.29) is 5.76 Å². The molecule has 0 aliphatic rings. The smallest absolute Gasteiger partial charge is 0.371 e. The number of aryl methyl sites for hydroxylation is 2. The van der Waals surface area contributed by atoms with Crippen molar-refractivity contribution in [1.29, 1.82) is 0 Å². The topological polar surface area (TPSA) is 55.8 Å². The van der Waals surface area contributed by atoms with Crippen molar-refractivity contribution >= 4 is 12.0 Å². The Morgan fingerprint density at radius 3 is 2.24 bits per heavy atom. The summed E-state index contributed by atoms with van der Waals surface area (Å²) in [6.07, 6.45) is 3.60. The average molecular weight is 340 g/mol. The number of hydrogen-bond donors (Lipinski definition) is 1. The largest absolute Gasteiger partial charge is 0.494 e. The predicted molar refractivity (Wildman–Crippen MR) is 99.0 cm³/mol. The van der Waals surface area contributed by atoms with Crippen molar-refractivity contribution in [2.24, 2.45) is 0 Å². The van der Waals surface area contributed by atoms with Gasteiger partial charge in [-0.3, -0.25) is 0 Å². The van der Waals surface area contributed by atoms with E-state index in [9.17, 15) is 9.90 Å². The van der Waals surface area contributed by atoms with Crippen molar-refractivity contribution in [3.63, 3.8) is 0 Å². The van der Waals surface area contributed by atoms with Crippen LogP contribution < -0.4 is 9.47 Å². The van der Waals surface area contributed by atoms with Gasteiger partial charge in [0.25, 0.3) is 0 Å². The molecule has 0 unspecified atom stereocenters. The van der Waals surface area contributed by atoms with Crippen LogP contribution in [0.2, 0.25) is 0 Å². The summed E-state index contributed by atoms with van der Waals surface area (Å²) >= 11 is 0. The SMILES string of the molecule is CCCCOc1ccc(C=C(Oc2cc(C)cc(C)c2)C(=O)O)cc1. The van der Waals surface area contributed by atoms with E-state index in [0.717, 1.165) is 35.3 Å². The molecular formula is C21H24O4. The maximum absolute atomic E-state index is 11.5. The number of rotatable bonds is 8. The van der Waals surface area contributed by atoms with E-state index < -0.39 is 5.97 Å². The highest BCUT2D eigenvalue weighted by atomic mass is 16.5. The van der Waals surface area contributed by atoms with Gasteiger partial charge in [0.2, 0.25) is 5.76 Å². The molecule has 25 heavy (non-hydrogen) atoms. The minimum absolute atomic E-state index is 0.121. The van der Waals surface area contributed by atoms with Gasteiger partial charge in [-0.15, -0.1) is 0 Å². The molecule has 1 N–H and O–H groups in total. The van der Waals surface area contributed by atoms with Crippen LogP contribution in [-0.2, 0) is 4.79 Å². The van der Waals surface area contributed by atoms with Crippen LogP contribution in [0.15, 0.2) is 48.2 Å². The first kappa shape index (κ1) is 18.6. The molecule has 2 aromatic carbocycles. The monoisotopic (exact) mass is 340 g/mol. The van der Waals surface area contributed by atoms with E-state index in [1.807, 2.05) is 56.3 Å². The third-order valence-electron chi connectivity index (χ3n) is 3.58. The number of hydrogen-bond acceptors (Lipinski definition) is 3. The van der Waals surface area contributed by atoms with Gasteiger partial charge in [-0.1, -0.05) is 31.5 Å². The number of aliphatic carboxylic acids is 1. The van der Waals surface area contributed by atoms with Gasteiger partial charge in [0, 0.05) is 0 Å². The van der Waals surface area contributed by atoms with Crippen molar-refractivity contribution in [1.82, 2.24) is 0 Å². The maximum Gasteiger partial charge on any atom is 0.371 e. The molecule has 0 saturated carbocycles. The molecule has 0 bridgehead atoms. The Morgan fingerprint density at radius 2 is 1.68 bits per heavy atom. The van der Waals surface area contributed by atoms with Crippen molar-refractivity contribution in [3.05, 3.63) is 64.9 Å². The number of carboxylic acids is 1. The summed E-state index contributed by atoms with van der Waals surface area (Å²) in [6.45, 7) is 6.69. The van der Waals surface area contributed by atoms with Crippen LogP contribution in [0, 0.1) is 13.8 Å². The van der Waals surface area contributed by atoms with E-state index >= 15 is 0 Å². The summed E-state index contributed by atoms with van der Waals surface area (Å²) < 4.78 is 11.2. The Balaban J connectivity index is 2.14. The molecule has 0 radical (unpaired) electrons. The fourth-order valence-corrected chi connectivity index (χ4v) is 2.40. The van der Waals surface area contributed by atoms with Gasteiger partial charge in [0.15, 0.2) is 0 Å². The van der Waals surface area contributed by atoms with Crippen molar-refractivity contribution in [2.75, 3.05) is 6.61 Å². The van der Waals surface area contributed by atoms with E-state index in [4.69, 9.17) is 9.47 Å². The molecular weight excluding hydrogens is 316 g/mol. The molecule has 0 aromatic heterocycles. The van der Waals surface area contributed by atoms with Crippen LogP contribution in [0.4, 0.5) is 0 Å². The molecule has 2 rings (SSSR count). The molecule has 0 heterocycles. The molecule has 2 aromatic rings. The lowest BCUT2D eigenvalue weighted by Gasteiger charge is -2.09. The van der Waals surface area contributed by atoms with Crippen molar-refractivity contribution in [2.45, 2.75) is 33.6 Å². The summed E-state index contributed by atoms with van der Waals surface area (Å²) in [5.41, 5.74) is 2.78. The first-order valence-electron chi connectivity index (χ1n) is 8.42. The van der Waals surface area contributed by atoms with Gasteiger partial charge in [0.05, 0.1) is 6.61 Å². The summed E-state index contributed by atoms with van der Waals surface area (Å²) in [5, 5.41) is 9.41. The number of carbonyl (C=O) groups is 1.